The average Bonchev–Trinajstić information content (AvgIpc) is 3.33. The summed E-state index contributed by atoms with van der Waals surface area (Å²) in [5.74, 6) is -2.99. The van der Waals surface area contributed by atoms with E-state index in [4.69, 9.17) is 11.5 Å². The van der Waals surface area contributed by atoms with Crippen LogP contribution in [0.2, 0.25) is 0 Å². The minimum Gasteiger partial charge on any atom is -0.480 e. The first-order valence-electron chi connectivity index (χ1n) is 12.6. The van der Waals surface area contributed by atoms with Gasteiger partial charge in [-0.25, -0.2) is 9.78 Å². The van der Waals surface area contributed by atoms with Gasteiger partial charge >= 0.3 is 5.97 Å². The summed E-state index contributed by atoms with van der Waals surface area (Å²) >= 11 is 0. The molecule has 1 aromatic rings. The molecule has 1 rings (SSSR count). The minimum atomic E-state index is -1.14. The standard InChI is InChI=1S/C24H43N7O5/c1-5-15(4)20(24(35)36)31-22(33)18(8-6-7-9-25)29-23(34)19(10-14(2)3)30-21(32)17(26)11-16-12-27-13-28-16/h12-15,17-20H,5-11,25-26H2,1-4H3,(H,27,28)(H,29,34)(H,30,32)(H,31,33)(H,35,36). The minimum absolute atomic E-state index is 0.0659. The molecule has 5 unspecified atom stereocenters. The van der Waals surface area contributed by atoms with Gasteiger partial charge in [0.2, 0.25) is 17.7 Å². The van der Waals surface area contributed by atoms with Gasteiger partial charge in [-0.1, -0.05) is 34.1 Å². The van der Waals surface area contributed by atoms with Gasteiger partial charge in [-0.15, -0.1) is 0 Å². The number of amides is 3. The summed E-state index contributed by atoms with van der Waals surface area (Å²) in [6.45, 7) is 7.82. The van der Waals surface area contributed by atoms with Crippen LogP contribution in [-0.2, 0) is 25.6 Å². The molecule has 0 aliphatic rings. The number of aromatic amines is 1. The number of carboxylic acids is 1. The largest absolute Gasteiger partial charge is 0.480 e. The second-order valence-corrected chi connectivity index (χ2v) is 9.63. The highest BCUT2D eigenvalue weighted by Gasteiger charge is 2.32. The molecule has 1 aromatic heterocycles. The summed E-state index contributed by atoms with van der Waals surface area (Å²) in [6, 6.07) is -3.87. The number of hydrogen-bond donors (Lipinski definition) is 7. The second kappa shape index (κ2) is 15.9. The Morgan fingerprint density at radius 2 is 1.67 bits per heavy atom. The summed E-state index contributed by atoms with van der Waals surface area (Å²) in [4.78, 5) is 57.4. The van der Waals surface area contributed by atoms with Gasteiger partial charge in [-0.3, -0.25) is 14.4 Å². The molecule has 0 spiro atoms. The van der Waals surface area contributed by atoms with Crippen molar-refractivity contribution in [1.29, 1.82) is 0 Å². The molecule has 0 aliphatic heterocycles. The van der Waals surface area contributed by atoms with Crippen molar-refractivity contribution in [2.24, 2.45) is 23.3 Å². The third-order valence-electron chi connectivity index (χ3n) is 6.03. The first kappa shape index (κ1) is 31.0. The van der Waals surface area contributed by atoms with Gasteiger partial charge in [-0.05, 0) is 44.1 Å². The number of carbonyl (C=O) groups is 4. The molecule has 12 heteroatoms. The first-order chi connectivity index (χ1) is 17.0. The molecule has 204 valence electrons. The molecule has 0 bridgehead atoms. The van der Waals surface area contributed by atoms with Crippen molar-refractivity contribution in [2.75, 3.05) is 6.54 Å². The van der Waals surface area contributed by atoms with Crippen LogP contribution in [-0.4, -0.2) is 69.5 Å². The third kappa shape index (κ3) is 10.7. The van der Waals surface area contributed by atoms with Crippen molar-refractivity contribution in [3.63, 3.8) is 0 Å². The quantitative estimate of drug-likeness (QED) is 0.142. The maximum atomic E-state index is 13.2. The summed E-state index contributed by atoms with van der Waals surface area (Å²) in [5, 5.41) is 17.5. The Labute approximate surface area is 212 Å². The zero-order valence-electron chi connectivity index (χ0n) is 21.8. The second-order valence-electron chi connectivity index (χ2n) is 9.63. The van der Waals surface area contributed by atoms with Crippen LogP contribution in [0.25, 0.3) is 0 Å². The van der Waals surface area contributed by atoms with Gasteiger partial charge < -0.3 is 37.5 Å². The number of nitrogens with one attached hydrogen (secondary N) is 4. The van der Waals surface area contributed by atoms with Gasteiger partial charge in [0, 0.05) is 18.3 Å². The highest BCUT2D eigenvalue weighted by molar-refractivity contribution is 5.94. The van der Waals surface area contributed by atoms with Gasteiger partial charge in [0.15, 0.2) is 0 Å². The van der Waals surface area contributed by atoms with Crippen LogP contribution in [0.4, 0.5) is 0 Å². The van der Waals surface area contributed by atoms with Crippen molar-refractivity contribution in [3.8, 4) is 0 Å². The maximum Gasteiger partial charge on any atom is 0.326 e. The fourth-order valence-electron chi connectivity index (χ4n) is 3.68. The van der Waals surface area contributed by atoms with Crippen LogP contribution in [0.5, 0.6) is 0 Å². The van der Waals surface area contributed by atoms with E-state index < -0.39 is 47.9 Å². The number of nitrogens with two attached hydrogens (primary N) is 2. The molecule has 0 aromatic carbocycles. The van der Waals surface area contributed by atoms with Crippen molar-refractivity contribution in [3.05, 3.63) is 18.2 Å². The third-order valence-corrected chi connectivity index (χ3v) is 6.03. The van der Waals surface area contributed by atoms with Crippen LogP contribution in [0.1, 0.15) is 65.5 Å². The van der Waals surface area contributed by atoms with Gasteiger partial charge in [0.1, 0.15) is 18.1 Å². The number of nitrogens with zero attached hydrogens (tertiary/aromatic N) is 1. The van der Waals surface area contributed by atoms with E-state index >= 15 is 0 Å². The molecule has 9 N–H and O–H groups in total. The fourth-order valence-corrected chi connectivity index (χ4v) is 3.68. The van der Waals surface area contributed by atoms with E-state index in [1.807, 2.05) is 20.8 Å². The molecular weight excluding hydrogens is 466 g/mol. The molecular formula is C24H43N7O5. The number of carbonyl (C=O) groups excluding carboxylic acids is 3. The van der Waals surface area contributed by atoms with Gasteiger partial charge in [0.05, 0.1) is 12.4 Å². The first-order valence-corrected chi connectivity index (χ1v) is 12.6. The average molecular weight is 510 g/mol. The van der Waals surface area contributed by atoms with E-state index in [1.54, 1.807) is 13.1 Å². The van der Waals surface area contributed by atoms with Crippen molar-refractivity contribution < 1.29 is 24.3 Å². The fraction of sp³-hybridized carbons (Fsp3) is 0.708. The summed E-state index contributed by atoms with van der Waals surface area (Å²) in [6.07, 6.45) is 5.65. The number of hydrogen-bond acceptors (Lipinski definition) is 7. The molecule has 0 radical (unpaired) electrons. The Hall–Kier alpha value is -2.99. The molecule has 0 saturated heterocycles. The van der Waals surface area contributed by atoms with Crippen LogP contribution < -0.4 is 27.4 Å². The number of unbranched alkanes of at least 4 members (excludes halogenated alkanes) is 1. The molecule has 36 heavy (non-hydrogen) atoms. The van der Waals surface area contributed by atoms with E-state index in [0.29, 0.717) is 37.9 Å². The lowest BCUT2D eigenvalue weighted by Gasteiger charge is -2.27. The molecule has 0 fully saturated rings. The summed E-state index contributed by atoms with van der Waals surface area (Å²) in [7, 11) is 0. The van der Waals surface area contributed by atoms with E-state index in [1.165, 1.54) is 6.33 Å². The Kier molecular flexibility index (Phi) is 13.7. The Morgan fingerprint density at radius 1 is 1.03 bits per heavy atom. The molecule has 5 atom stereocenters. The maximum absolute atomic E-state index is 13.2. The number of H-pyrrole nitrogens is 1. The number of aromatic nitrogens is 2. The Bertz CT molecular complexity index is 831. The number of aliphatic carboxylic acids is 1. The predicted molar refractivity (Wildman–Crippen MR) is 136 cm³/mol. The SMILES string of the molecule is CCC(C)C(NC(=O)C(CCCCN)NC(=O)C(CC(C)C)NC(=O)C(N)Cc1cnc[nH]1)C(=O)O. The van der Waals surface area contributed by atoms with E-state index in [-0.39, 0.29) is 24.7 Å². The zero-order chi connectivity index (χ0) is 27.3. The molecule has 0 aliphatic carbocycles. The lowest BCUT2D eigenvalue weighted by atomic mass is 9.98. The van der Waals surface area contributed by atoms with Crippen LogP contribution in [0.3, 0.4) is 0 Å². The molecule has 1 heterocycles. The van der Waals surface area contributed by atoms with E-state index in [9.17, 15) is 24.3 Å². The highest BCUT2D eigenvalue weighted by Crippen LogP contribution is 2.11. The summed E-state index contributed by atoms with van der Waals surface area (Å²) in [5.41, 5.74) is 12.3. The monoisotopic (exact) mass is 509 g/mol. The van der Waals surface area contributed by atoms with E-state index in [2.05, 4.69) is 25.9 Å². The topological polar surface area (TPSA) is 205 Å². The number of imidazole rings is 1. The van der Waals surface area contributed by atoms with Crippen LogP contribution in [0.15, 0.2) is 12.5 Å². The van der Waals surface area contributed by atoms with Crippen molar-refractivity contribution in [2.45, 2.75) is 90.4 Å². The van der Waals surface area contributed by atoms with Gasteiger partial charge in [0.25, 0.3) is 0 Å². The zero-order valence-corrected chi connectivity index (χ0v) is 21.8. The van der Waals surface area contributed by atoms with Crippen molar-refractivity contribution >= 4 is 23.7 Å². The van der Waals surface area contributed by atoms with Crippen LogP contribution >= 0.6 is 0 Å². The van der Waals surface area contributed by atoms with Gasteiger partial charge in [-0.2, -0.15) is 0 Å². The van der Waals surface area contributed by atoms with E-state index in [0.717, 1.165) is 0 Å². The molecule has 3 amide bonds. The highest BCUT2D eigenvalue weighted by atomic mass is 16.4. The van der Waals surface area contributed by atoms with Crippen LogP contribution in [0, 0.1) is 11.8 Å². The Balaban J connectivity index is 2.97. The van der Waals surface area contributed by atoms with Crippen molar-refractivity contribution in [1.82, 2.24) is 25.9 Å². The predicted octanol–water partition coefficient (Wildman–Crippen LogP) is 0.0397. The number of rotatable bonds is 17. The molecule has 12 nitrogen and oxygen atoms in total. The smallest absolute Gasteiger partial charge is 0.326 e. The lowest BCUT2D eigenvalue weighted by Crippen LogP contribution is -2.58. The molecule has 0 saturated carbocycles. The normalized spacial score (nSPS) is 15.4. The lowest BCUT2D eigenvalue weighted by molar-refractivity contribution is -0.144. The summed E-state index contributed by atoms with van der Waals surface area (Å²) < 4.78 is 0. The Morgan fingerprint density at radius 3 is 2.19 bits per heavy atom. The number of carboxylic acid groups (broad SMARTS) is 1.